The van der Waals surface area contributed by atoms with E-state index in [1.807, 2.05) is 12.1 Å². The number of esters is 1. The number of benzene rings is 2. The molecule has 3 heterocycles. The van der Waals surface area contributed by atoms with E-state index in [-0.39, 0.29) is 12.5 Å². The molecule has 0 saturated carbocycles. The molecule has 0 bridgehead atoms. The Morgan fingerprint density at radius 2 is 1.95 bits per heavy atom. The van der Waals surface area contributed by atoms with E-state index in [2.05, 4.69) is 20.5 Å². The van der Waals surface area contributed by atoms with Gasteiger partial charge in [0, 0.05) is 56.4 Å². The van der Waals surface area contributed by atoms with Gasteiger partial charge in [-0.15, -0.1) is 10.2 Å². The minimum absolute atomic E-state index is 0.0725. The third-order valence-corrected chi connectivity index (χ3v) is 6.53. The molecule has 196 valence electrons. The first-order valence-electron chi connectivity index (χ1n) is 11.9. The summed E-state index contributed by atoms with van der Waals surface area (Å²) in [6.07, 6.45) is 1.48. The molecule has 5 rings (SSSR count). The summed E-state index contributed by atoms with van der Waals surface area (Å²) in [6.45, 7) is 4.39. The number of carbonyl (C=O) groups is 2. The second-order valence-electron chi connectivity index (χ2n) is 8.48. The van der Waals surface area contributed by atoms with Crippen molar-refractivity contribution >= 4 is 34.0 Å². The van der Waals surface area contributed by atoms with Gasteiger partial charge in [-0.25, -0.2) is 9.78 Å². The van der Waals surface area contributed by atoms with Gasteiger partial charge in [0.25, 0.3) is 5.91 Å². The van der Waals surface area contributed by atoms with Crippen LogP contribution < -0.4 is 14.8 Å². The molecule has 0 radical (unpaired) electrons. The number of hydrogen-bond donors (Lipinski definition) is 1. The SMILES string of the molecule is CCOC(=O)c1cnc(Nc2cc(Oc3ccc(-c4nnc(C)o4)cc3)cc(OC3CCN(C)C3=O)c2)s1. The number of carbonyl (C=O) groups excluding carboxylic acids is 2. The van der Waals surface area contributed by atoms with Gasteiger partial charge in [-0.05, 0) is 31.2 Å². The van der Waals surface area contributed by atoms with Gasteiger partial charge < -0.3 is 28.8 Å². The lowest BCUT2D eigenvalue weighted by Crippen LogP contribution is -2.29. The normalized spacial score (nSPS) is 15.0. The molecule has 1 N–H and O–H groups in total. The average molecular weight is 536 g/mol. The molecular formula is C26H25N5O6S. The molecule has 0 aliphatic carbocycles. The smallest absolute Gasteiger partial charge is 0.350 e. The zero-order valence-electron chi connectivity index (χ0n) is 21.0. The van der Waals surface area contributed by atoms with E-state index in [9.17, 15) is 9.59 Å². The van der Waals surface area contributed by atoms with Gasteiger partial charge in [-0.3, -0.25) is 4.79 Å². The zero-order chi connectivity index (χ0) is 26.6. The Morgan fingerprint density at radius 1 is 1.16 bits per heavy atom. The van der Waals surface area contributed by atoms with Crippen LogP contribution in [0.4, 0.5) is 10.8 Å². The fraction of sp³-hybridized carbons (Fsp3) is 0.269. The molecule has 38 heavy (non-hydrogen) atoms. The predicted molar refractivity (Wildman–Crippen MR) is 139 cm³/mol. The maximum atomic E-state index is 12.4. The minimum atomic E-state index is -0.574. The van der Waals surface area contributed by atoms with E-state index in [1.165, 1.54) is 17.5 Å². The van der Waals surface area contributed by atoms with E-state index in [0.29, 0.717) is 57.7 Å². The fourth-order valence-corrected chi connectivity index (χ4v) is 4.53. The molecule has 2 aromatic heterocycles. The Balaban J connectivity index is 1.38. The second kappa shape index (κ2) is 10.9. The Hall–Kier alpha value is -4.45. The number of aryl methyl sites for hydroxylation is 1. The van der Waals surface area contributed by atoms with Crippen molar-refractivity contribution in [2.45, 2.75) is 26.4 Å². The maximum absolute atomic E-state index is 12.4. The van der Waals surface area contributed by atoms with E-state index in [0.717, 1.165) is 5.56 Å². The largest absolute Gasteiger partial charge is 0.480 e. The van der Waals surface area contributed by atoms with E-state index >= 15 is 0 Å². The van der Waals surface area contributed by atoms with Crippen molar-refractivity contribution in [3.8, 4) is 28.7 Å². The van der Waals surface area contributed by atoms with Crippen LogP contribution in [0.25, 0.3) is 11.5 Å². The Morgan fingerprint density at radius 3 is 2.63 bits per heavy atom. The number of nitrogens with one attached hydrogen (secondary N) is 1. The van der Waals surface area contributed by atoms with Gasteiger partial charge in [0.1, 0.15) is 22.1 Å². The first kappa shape index (κ1) is 25.2. The number of nitrogens with zero attached hydrogens (tertiary/aromatic N) is 4. The summed E-state index contributed by atoms with van der Waals surface area (Å²) in [5, 5.41) is 11.6. The van der Waals surface area contributed by atoms with Crippen molar-refractivity contribution in [2.24, 2.45) is 0 Å². The number of likely N-dealkylation sites (N-methyl/N-ethyl adjacent to an activating group) is 1. The average Bonchev–Trinajstić information content (AvgIpc) is 3.62. The van der Waals surface area contributed by atoms with Crippen molar-refractivity contribution in [3.63, 3.8) is 0 Å². The fourth-order valence-electron chi connectivity index (χ4n) is 3.80. The number of thiazole rings is 1. The number of aromatic nitrogens is 3. The summed E-state index contributed by atoms with van der Waals surface area (Å²) < 4.78 is 22.7. The molecule has 1 atom stereocenters. The first-order chi connectivity index (χ1) is 18.4. The van der Waals surface area contributed by atoms with Crippen LogP contribution in [0, 0.1) is 6.92 Å². The topological polar surface area (TPSA) is 129 Å². The van der Waals surface area contributed by atoms with Crippen molar-refractivity contribution in [1.29, 1.82) is 0 Å². The lowest BCUT2D eigenvalue weighted by Gasteiger charge is -2.16. The van der Waals surface area contributed by atoms with Gasteiger partial charge in [0.2, 0.25) is 11.8 Å². The Labute approximate surface area is 222 Å². The Bertz CT molecular complexity index is 1450. The maximum Gasteiger partial charge on any atom is 0.350 e. The first-order valence-corrected chi connectivity index (χ1v) is 12.7. The highest BCUT2D eigenvalue weighted by atomic mass is 32.1. The predicted octanol–water partition coefficient (Wildman–Crippen LogP) is 4.82. The lowest BCUT2D eigenvalue weighted by molar-refractivity contribution is -0.132. The zero-order valence-corrected chi connectivity index (χ0v) is 21.8. The summed E-state index contributed by atoms with van der Waals surface area (Å²) >= 11 is 1.17. The molecule has 1 aliphatic rings. The molecule has 1 saturated heterocycles. The minimum Gasteiger partial charge on any atom is -0.480 e. The Kier molecular flexibility index (Phi) is 7.22. The third kappa shape index (κ3) is 5.75. The summed E-state index contributed by atoms with van der Waals surface area (Å²) in [5.41, 5.74) is 1.38. The number of rotatable bonds is 9. The van der Waals surface area contributed by atoms with Gasteiger partial charge in [-0.1, -0.05) is 11.3 Å². The number of anilines is 2. The number of amides is 1. The summed E-state index contributed by atoms with van der Waals surface area (Å²) in [7, 11) is 1.75. The van der Waals surface area contributed by atoms with E-state index < -0.39 is 12.1 Å². The molecule has 1 amide bonds. The van der Waals surface area contributed by atoms with E-state index in [1.54, 1.807) is 56.1 Å². The monoisotopic (exact) mass is 535 g/mol. The van der Waals surface area contributed by atoms with Gasteiger partial charge >= 0.3 is 5.97 Å². The van der Waals surface area contributed by atoms with E-state index in [4.69, 9.17) is 18.6 Å². The van der Waals surface area contributed by atoms with Crippen molar-refractivity contribution in [3.05, 3.63) is 59.4 Å². The van der Waals surface area contributed by atoms with Crippen LogP contribution in [0.3, 0.4) is 0 Å². The molecule has 11 nitrogen and oxygen atoms in total. The van der Waals surface area contributed by atoms with Crippen LogP contribution in [-0.4, -0.2) is 58.3 Å². The highest BCUT2D eigenvalue weighted by Gasteiger charge is 2.31. The number of ether oxygens (including phenoxy) is 3. The van der Waals surface area contributed by atoms with Gasteiger partial charge in [-0.2, -0.15) is 0 Å². The molecule has 12 heteroatoms. The molecule has 4 aromatic rings. The summed E-state index contributed by atoms with van der Waals surface area (Å²) in [6, 6.07) is 12.5. The van der Waals surface area contributed by atoms with Crippen molar-refractivity contribution < 1.29 is 28.2 Å². The molecule has 1 fully saturated rings. The second-order valence-corrected chi connectivity index (χ2v) is 9.51. The molecular weight excluding hydrogens is 510 g/mol. The van der Waals surface area contributed by atoms with Crippen LogP contribution in [0.1, 0.15) is 28.9 Å². The third-order valence-electron chi connectivity index (χ3n) is 5.63. The molecule has 0 spiro atoms. The lowest BCUT2D eigenvalue weighted by atomic mass is 10.2. The number of likely N-dealkylation sites (tertiary alicyclic amines) is 1. The summed E-state index contributed by atoms with van der Waals surface area (Å²) in [4.78, 5) is 30.7. The quantitative estimate of drug-likeness (QED) is 0.298. The van der Waals surface area contributed by atoms with Crippen molar-refractivity contribution in [1.82, 2.24) is 20.1 Å². The molecule has 1 unspecified atom stereocenters. The van der Waals surface area contributed by atoms with Gasteiger partial charge in [0.05, 0.1) is 12.8 Å². The van der Waals surface area contributed by atoms with Crippen LogP contribution in [0.2, 0.25) is 0 Å². The van der Waals surface area contributed by atoms with Crippen LogP contribution >= 0.6 is 11.3 Å². The standard InChI is InChI=1S/C26H25N5O6S/c1-4-34-25(33)22-14-27-26(38-22)28-17-11-19(13-20(12-17)37-21-9-10-31(3)24(21)32)36-18-7-5-16(6-8-18)23-30-29-15(2)35-23/h5-8,11-14,21H,4,9-10H2,1-3H3,(H,27,28). The summed E-state index contributed by atoms with van der Waals surface area (Å²) in [5.74, 6) is 1.92. The molecule has 1 aliphatic heterocycles. The number of hydrogen-bond acceptors (Lipinski definition) is 11. The highest BCUT2D eigenvalue weighted by molar-refractivity contribution is 7.17. The van der Waals surface area contributed by atoms with Crippen LogP contribution in [0.5, 0.6) is 17.2 Å². The van der Waals surface area contributed by atoms with Crippen molar-refractivity contribution in [2.75, 3.05) is 25.5 Å². The van der Waals surface area contributed by atoms with Crippen LogP contribution in [-0.2, 0) is 9.53 Å². The highest BCUT2D eigenvalue weighted by Crippen LogP contribution is 2.34. The van der Waals surface area contributed by atoms with Gasteiger partial charge in [0.15, 0.2) is 11.2 Å². The van der Waals surface area contributed by atoms with Crippen LogP contribution in [0.15, 0.2) is 53.1 Å². The molecule has 2 aromatic carbocycles.